The van der Waals surface area contributed by atoms with Gasteiger partial charge in [-0.05, 0) is 5.92 Å². The lowest BCUT2D eigenvalue weighted by Crippen LogP contribution is -2.04. The minimum Gasteiger partial charge on any atom is -0.142 e. The molecular formula is C6H13ClS. The molecule has 50 valence electrons. The Morgan fingerprint density at radius 3 is 2.00 bits per heavy atom. The molecular weight excluding hydrogens is 140 g/mol. The molecule has 0 bridgehead atoms. The Labute approximate surface area is 61.0 Å². The van der Waals surface area contributed by atoms with Crippen LogP contribution < -0.4 is 0 Å². The van der Waals surface area contributed by atoms with Crippen molar-refractivity contribution in [2.45, 2.75) is 26.0 Å². The number of thioether (sulfide) groups is 1. The Morgan fingerprint density at radius 2 is 1.88 bits per heavy atom. The first-order chi connectivity index (χ1) is 3.68. The van der Waals surface area contributed by atoms with Gasteiger partial charge in [0.05, 0.1) is 5.21 Å². The second-order valence-corrected chi connectivity index (χ2v) is 4.17. The summed E-state index contributed by atoms with van der Waals surface area (Å²) in [5.74, 6) is 0.749. The van der Waals surface area contributed by atoms with Crippen LogP contribution in [0.5, 0.6) is 0 Å². The van der Waals surface area contributed by atoms with Crippen LogP contribution in [0.4, 0.5) is 0 Å². The predicted octanol–water partition coefficient (Wildman–Crippen LogP) is 2.96. The zero-order chi connectivity index (χ0) is 6.57. The van der Waals surface area contributed by atoms with Gasteiger partial charge < -0.3 is 0 Å². The topological polar surface area (TPSA) is 0 Å². The maximum atomic E-state index is 5.50. The highest BCUT2D eigenvalue weighted by Crippen LogP contribution is 2.18. The zero-order valence-electron chi connectivity index (χ0n) is 5.65. The van der Waals surface area contributed by atoms with Crippen LogP contribution >= 0.6 is 23.4 Å². The van der Waals surface area contributed by atoms with Crippen LogP contribution in [0.1, 0.15) is 20.8 Å². The molecule has 0 aliphatic rings. The summed E-state index contributed by atoms with van der Waals surface area (Å²) in [5, 5.41) is 1.42. The van der Waals surface area contributed by atoms with Crippen LogP contribution in [0, 0.1) is 5.92 Å². The zero-order valence-corrected chi connectivity index (χ0v) is 7.22. The average molecular weight is 153 g/mol. The van der Waals surface area contributed by atoms with Crippen molar-refractivity contribution in [1.82, 2.24) is 0 Å². The van der Waals surface area contributed by atoms with E-state index in [-0.39, 0.29) is 0 Å². The third-order valence-electron chi connectivity index (χ3n) is 1.26. The first kappa shape index (κ1) is 8.64. The lowest BCUT2D eigenvalue weighted by atomic mass is 10.2. The van der Waals surface area contributed by atoms with E-state index in [1.807, 2.05) is 0 Å². The molecule has 0 saturated carbocycles. The highest BCUT2D eigenvalue weighted by atomic mass is 35.5. The maximum absolute atomic E-state index is 5.50. The van der Waals surface area contributed by atoms with Gasteiger partial charge in [0.15, 0.2) is 0 Å². The summed E-state index contributed by atoms with van der Waals surface area (Å²) in [5.41, 5.74) is 0. The predicted molar refractivity (Wildman–Crippen MR) is 42.6 cm³/mol. The van der Waals surface area contributed by atoms with E-state index in [4.69, 9.17) is 11.6 Å². The molecule has 1 unspecified atom stereocenters. The SMILES string of the molecule is CC(C)C(C)SCCl. The molecule has 1 atom stereocenters. The first-order valence-corrected chi connectivity index (χ1v) is 4.44. The molecule has 0 radical (unpaired) electrons. The van der Waals surface area contributed by atoms with E-state index in [0.717, 1.165) is 11.1 Å². The van der Waals surface area contributed by atoms with Gasteiger partial charge in [0.25, 0.3) is 0 Å². The van der Waals surface area contributed by atoms with Crippen molar-refractivity contribution in [3.05, 3.63) is 0 Å². The van der Waals surface area contributed by atoms with Crippen LogP contribution in [0.25, 0.3) is 0 Å². The molecule has 0 aliphatic carbocycles. The number of hydrogen-bond acceptors (Lipinski definition) is 1. The van der Waals surface area contributed by atoms with Crippen molar-refractivity contribution in [2.24, 2.45) is 5.92 Å². The number of rotatable bonds is 3. The Bertz CT molecular complexity index is 54.5. The van der Waals surface area contributed by atoms with Crippen molar-refractivity contribution >= 4 is 23.4 Å². The Balaban J connectivity index is 3.17. The van der Waals surface area contributed by atoms with Gasteiger partial charge in [-0.25, -0.2) is 0 Å². The minimum atomic E-state index is 0.701. The summed E-state index contributed by atoms with van der Waals surface area (Å²) >= 11 is 7.31. The van der Waals surface area contributed by atoms with E-state index < -0.39 is 0 Å². The first-order valence-electron chi connectivity index (χ1n) is 2.86. The van der Waals surface area contributed by atoms with Gasteiger partial charge >= 0.3 is 0 Å². The largest absolute Gasteiger partial charge is 0.142 e. The molecule has 0 aliphatic heterocycles. The average Bonchev–Trinajstić information content (AvgIpc) is 1.67. The fraction of sp³-hybridized carbons (Fsp3) is 1.00. The summed E-state index contributed by atoms with van der Waals surface area (Å²) < 4.78 is 0. The molecule has 0 aromatic carbocycles. The van der Waals surface area contributed by atoms with Gasteiger partial charge in [-0.3, -0.25) is 0 Å². The van der Waals surface area contributed by atoms with E-state index in [2.05, 4.69) is 20.8 Å². The molecule has 2 heteroatoms. The van der Waals surface area contributed by atoms with Gasteiger partial charge in [0.2, 0.25) is 0 Å². The fourth-order valence-electron chi connectivity index (χ4n) is 0.292. The second kappa shape index (κ2) is 4.51. The second-order valence-electron chi connectivity index (χ2n) is 2.22. The van der Waals surface area contributed by atoms with Crippen LogP contribution in [0.3, 0.4) is 0 Å². The van der Waals surface area contributed by atoms with Gasteiger partial charge in [-0.2, -0.15) is 0 Å². The molecule has 0 amide bonds. The van der Waals surface area contributed by atoms with E-state index in [1.54, 1.807) is 11.8 Å². The van der Waals surface area contributed by atoms with Gasteiger partial charge in [0, 0.05) is 5.25 Å². The third kappa shape index (κ3) is 3.62. The highest BCUT2D eigenvalue weighted by molar-refractivity contribution is 8.00. The van der Waals surface area contributed by atoms with E-state index in [9.17, 15) is 0 Å². The molecule has 0 saturated heterocycles. The molecule has 0 fully saturated rings. The summed E-state index contributed by atoms with van der Waals surface area (Å²) in [4.78, 5) is 0. The quantitative estimate of drug-likeness (QED) is 0.561. The van der Waals surface area contributed by atoms with E-state index >= 15 is 0 Å². The van der Waals surface area contributed by atoms with E-state index in [0.29, 0.717) is 5.25 Å². The summed E-state index contributed by atoms with van der Waals surface area (Å²) in [6.45, 7) is 6.63. The van der Waals surface area contributed by atoms with Crippen LogP contribution in [-0.4, -0.2) is 10.5 Å². The monoisotopic (exact) mass is 152 g/mol. The van der Waals surface area contributed by atoms with Crippen LogP contribution in [0.2, 0.25) is 0 Å². The molecule has 0 nitrogen and oxygen atoms in total. The molecule has 0 spiro atoms. The standard InChI is InChI=1S/C6H13ClS/c1-5(2)6(3)8-4-7/h5-6H,4H2,1-3H3. The lowest BCUT2D eigenvalue weighted by molar-refractivity contribution is 0.643. The normalized spacial score (nSPS) is 14.6. The van der Waals surface area contributed by atoms with Crippen molar-refractivity contribution in [2.75, 3.05) is 5.21 Å². The third-order valence-corrected chi connectivity index (χ3v) is 2.84. The van der Waals surface area contributed by atoms with Gasteiger partial charge in [0.1, 0.15) is 0 Å². The minimum absolute atomic E-state index is 0.701. The number of halogens is 1. The lowest BCUT2D eigenvalue weighted by Gasteiger charge is -2.11. The number of alkyl halides is 1. The van der Waals surface area contributed by atoms with Crippen molar-refractivity contribution in [1.29, 1.82) is 0 Å². The summed E-state index contributed by atoms with van der Waals surface area (Å²) in [7, 11) is 0. The Morgan fingerprint density at radius 1 is 1.38 bits per heavy atom. The van der Waals surface area contributed by atoms with Crippen LogP contribution in [0.15, 0.2) is 0 Å². The smallest absolute Gasteiger partial charge is 0.0683 e. The van der Waals surface area contributed by atoms with E-state index in [1.165, 1.54) is 0 Å². The Hall–Kier alpha value is 0.640. The van der Waals surface area contributed by atoms with Gasteiger partial charge in [-0.15, -0.1) is 23.4 Å². The van der Waals surface area contributed by atoms with Crippen molar-refractivity contribution in [3.63, 3.8) is 0 Å². The molecule has 0 aromatic rings. The molecule has 0 N–H and O–H groups in total. The summed E-state index contributed by atoms with van der Waals surface area (Å²) in [6.07, 6.45) is 0. The molecule has 0 aromatic heterocycles. The summed E-state index contributed by atoms with van der Waals surface area (Å²) in [6, 6.07) is 0. The van der Waals surface area contributed by atoms with Crippen LogP contribution in [-0.2, 0) is 0 Å². The van der Waals surface area contributed by atoms with Gasteiger partial charge in [-0.1, -0.05) is 20.8 Å². The van der Waals surface area contributed by atoms with Crippen molar-refractivity contribution in [3.8, 4) is 0 Å². The molecule has 0 heterocycles. The Kier molecular flexibility index (Phi) is 4.87. The molecule has 0 rings (SSSR count). The molecule has 8 heavy (non-hydrogen) atoms. The highest BCUT2D eigenvalue weighted by Gasteiger charge is 2.04. The maximum Gasteiger partial charge on any atom is 0.0683 e. The number of hydrogen-bond donors (Lipinski definition) is 0. The van der Waals surface area contributed by atoms with Crippen molar-refractivity contribution < 1.29 is 0 Å². The fourth-order valence-corrected chi connectivity index (χ4v) is 1.47.